The van der Waals surface area contributed by atoms with Gasteiger partial charge in [0.05, 0.1) is 33.1 Å². The van der Waals surface area contributed by atoms with Crippen LogP contribution in [0.1, 0.15) is 0 Å². The van der Waals surface area contributed by atoms with Crippen molar-refractivity contribution in [3.05, 3.63) is 219 Å². The molecule has 0 N–H and O–H groups in total. The van der Waals surface area contributed by atoms with Crippen LogP contribution in [0.2, 0.25) is 0 Å². The van der Waals surface area contributed by atoms with Crippen LogP contribution < -0.4 is 0 Å². The highest BCUT2D eigenvalue weighted by Crippen LogP contribution is 2.43. The molecule has 0 aliphatic heterocycles. The summed E-state index contributed by atoms with van der Waals surface area (Å²) in [5.74, 6) is 1.67. The summed E-state index contributed by atoms with van der Waals surface area (Å²) in [6.07, 6.45) is 3.67. The molecule has 9 aromatic carbocycles. The van der Waals surface area contributed by atoms with E-state index in [2.05, 4.69) is 197 Å². The van der Waals surface area contributed by atoms with Gasteiger partial charge in [0.2, 0.25) is 0 Å². The molecular formula is C58H36N6. The third-order valence-corrected chi connectivity index (χ3v) is 12.6. The molecule has 6 heteroatoms. The molecule has 0 unspecified atom stereocenters. The first-order valence-corrected chi connectivity index (χ1v) is 21.6. The molecule has 13 aromatic rings. The lowest BCUT2D eigenvalue weighted by Crippen LogP contribution is -2.00. The number of para-hydroxylation sites is 2. The van der Waals surface area contributed by atoms with Crippen LogP contribution in [0.3, 0.4) is 0 Å². The Kier molecular flexibility index (Phi) is 8.11. The zero-order chi connectivity index (χ0) is 42.1. The van der Waals surface area contributed by atoms with Crippen LogP contribution in [0.25, 0.3) is 122 Å². The third-order valence-electron chi connectivity index (χ3n) is 12.6. The van der Waals surface area contributed by atoms with Crippen molar-refractivity contribution in [3.8, 4) is 56.4 Å². The predicted molar refractivity (Wildman–Crippen MR) is 263 cm³/mol. The van der Waals surface area contributed by atoms with Crippen molar-refractivity contribution in [1.82, 2.24) is 29.1 Å². The molecule has 0 spiro atoms. The lowest BCUT2D eigenvalue weighted by Gasteiger charge is -2.15. The Balaban J connectivity index is 1.11. The van der Waals surface area contributed by atoms with Gasteiger partial charge >= 0.3 is 0 Å². The smallest absolute Gasteiger partial charge is 0.145 e. The topological polar surface area (TPSA) is 61.4 Å². The van der Waals surface area contributed by atoms with E-state index in [-0.39, 0.29) is 0 Å². The molecule has 4 heterocycles. The van der Waals surface area contributed by atoms with Crippen molar-refractivity contribution in [2.45, 2.75) is 0 Å². The minimum Gasteiger partial charge on any atom is -0.292 e. The molecule has 13 rings (SSSR count). The first-order chi connectivity index (χ1) is 31.8. The van der Waals surface area contributed by atoms with E-state index in [1.807, 2.05) is 30.6 Å². The molecule has 0 radical (unpaired) electrons. The number of aromatic nitrogens is 6. The average molecular weight is 817 g/mol. The van der Waals surface area contributed by atoms with Gasteiger partial charge in [-0.25, -0.2) is 9.97 Å². The Hall–Kier alpha value is -8.74. The molecular weight excluding hydrogens is 781 g/mol. The number of fused-ring (bicyclic) bond motifs is 12. The van der Waals surface area contributed by atoms with Gasteiger partial charge in [0.25, 0.3) is 0 Å². The van der Waals surface area contributed by atoms with Crippen molar-refractivity contribution in [3.63, 3.8) is 0 Å². The lowest BCUT2D eigenvalue weighted by molar-refractivity contribution is 1.10. The largest absolute Gasteiger partial charge is 0.292 e. The fraction of sp³-hybridized carbons (Fsp3) is 0. The van der Waals surface area contributed by atoms with E-state index in [1.54, 1.807) is 0 Å². The second-order valence-electron chi connectivity index (χ2n) is 16.2. The zero-order valence-corrected chi connectivity index (χ0v) is 34.5. The minimum atomic E-state index is 0.824. The summed E-state index contributed by atoms with van der Waals surface area (Å²) in [7, 11) is 0. The first-order valence-electron chi connectivity index (χ1n) is 21.6. The van der Waals surface area contributed by atoms with E-state index in [1.165, 1.54) is 33.0 Å². The Labute approximate surface area is 368 Å². The highest BCUT2D eigenvalue weighted by molar-refractivity contribution is 6.25. The van der Waals surface area contributed by atoms with Crippen LogP contribution >= 0.6 is 0 Å². The molecule has 0 aliphatic rings. The second kappa shape index (κ2) is 14.4. The first kappa shape index (κ1) is 36.0. The summed E-state index contributed by atoms with van der Waals surface area (Å²) in [5.41, 5.74) is 14.3. The Morgan fingerprint density at radius 3 is 1.27 bits per heavy atom. The summed E-state index contributed by atoms with van der Waals surface area (Å²) >= 11 is 0. The normalized spacial score (nSPS) is 11.8. The highest BCUT2D eigenvalue weighted by atomic mass is 15.1. The number of pyridine rings is 2. The molecule has 0 aliphatic carbocycles. The van der Waals surface area contributed by atoms with Crippen molar-refractivity contribution in [2.75, 3.05) is 0 Å². The van der Waals surface area contributed by atoms with Gasteiger partial charge in [-0.3, -0.25) is 19.1 Å². The number of nitrogens with zero attached hydrogens (tertiary/aromatic N) is 6. The number of hydrogen-bond acceptors (Lipinski definition) is 4. The van der Waals surface area contributed by atoms with E-state index >= 15 is 0 Å². The fourth-order valence-corrected chi connectivity index (χ4v) is 9.69. The van der Waals surface area contributed by atoms with Gasteiger partial charge in [-0.15, -0.1) is 0 Å². The number of benzene rings is 9. The fourth-order valence-electron chi connectivity index (χ4n) is 9.69. The van der Waals surface area contributed by atoms with Gasteiger partial charge < -0.3 is 0 Å². The third kappa shape index (κ3) is 5.59. The monoisotopic (exact) mass is 816 g/mol. The summed E-state index contributed by atoms with van der Waals surface area (Å²) < 4.78 is 4.63. The molecule has 6 nitrogen and oxygen atoms in total. The Morgan fingerprint density at radius 2 is 0.703 bits per heavy atom. The van der Waals surface area contributed by atoms with Crippen molar-refractivity contribution >= 4 is 65.4 Å². The van der Waals surface area contributed by atoms with Crippen molar-refractivity contribution in [2.24, 2.45) is 0 Å². The molecule has 0 bridgehead atoms. The summed E-state index contributed by atoms with van der Waals surface area (Å²) in [5, 5.41) is 6.55. The van der Waals surface area contributed by atoms with Gasteiger partial charge in [-0.1, -0.05) is 140 Å². The van der Waals surface area contributed by atoms with E-state index in [0.29, 0.717) is 0 Å². The predicted octanol–water partition coefficient (Wildman–Crippen LogP) is 14.4. The standard InChI is InChI=1S/C58H36N6/c1-5-16-37(17-6-1)39-28-30-45-49(35-39)50-36-40(38-18-7-2-8-19-38)29-31-46(50)55-53(45)61-57(63(55)43-22-9-3-10-23-43)41-20-13-21-42(34-41)58-62-54-47-26-14-32-59-51(47)52-48(27-15-33-60-52)56(54)64(58)44-24-11-4-12-25-44/h1-36H. The minimum absolute atomic E-state index is 0.824. The second-order valence-corrected chi connectivity index (χ2v) is 16.2. The van der Waals surface area contributed by atoms with Gasteiger partial charge in [0, 0.05) is 56.4 Å². The summed E-state index contributed by atoms with van der Waals surface area (Å²) in [4.78, 5) is 20.9. The molecule has 64 heavy (non-hydrogen) atoms. The van der Waals surface area contributed by atoms with Gasteiger partial charge in [-0.05, 0) is 99.8 Å². The van der Waals surface area contributed by atoms with Crippen LogP contribution in [0.4, 0.5) is 0 Å². The summed E-state index contributed by atoms with van der Waals surface area (Å²) in [6.45, 7) is 0. The van der Waals surface area contributed by atoms with Gasteiger partial charge in [-0.2, -0.15) is 0 Å². The van der Waals surface area contributed by atoms with Crippen LogP contribution in [-0.4, -0.2) is 29.1 Å². The molecule has 298 valence electrons. The molecule has 0 atom stereocenters. The summed E-state index contributed by atoms with van der Waals surface area (Å²) in [6, 6.07) is 73.0. The molecule has 0 amide bonds. The lowest BCUT2D eigenvalue weighted by atomic mass is 9.93. The maximum Gasteiger partial charge on any atom is 0.145 e. The number of imidazole rings is 2. The maximum absolute atomic E-state index is 5.68. The molecule has 0 saturated carbocycles. The van der Waals surface area contributed by atoms with E-state index in [9.17, 15) is 0 Å². The van der Waals surface area contributed by atoms with E-state index in [4.69, 9.17) is 19.9 Å². The Morgan fingerprint density at radius 1 is 0.266 bits per heavy atom. The molecule has 0 saturated heterocycles. The molecule has 0 fully saturated rings. The quantitative estimate of drug-likeness (QED) is 0.157. The van der Waals surface area contributed by atoms with Gasteiger partial charge in [0.15, 0.2) is 0 Å². The SMILES string of the molecule is c1ccc(-c2ccc3c(c2)c2cc(-c4ccccc4)ccc2c2c3nc(-c3cccc(-c4nc5c6cccnc6c6ncccc6c5n4-c4ccccc4)c3)n2-c2ccccc2)cc1. The van der Waals surface area contributed by atoms with Crippen LogP contribution in [0, 0.1) is 0 Å². The Bertz CT molecular complexity index is 3930. The highest BCUT2D eigenvalue weighted by Gasteiger charge is 2.24. The van der Waals surface area contributed by atoms with Crippen molar-refractivity contribution < 1.29 is 0 Å². The zero-order valence-electron chi connectivity index (χ0n) is 34.5. The number of rotatable bonds is 6. The average Bonchev–Trinajstić information content (AvgIpc) is 3.99. The van der Waals surface area contributed by atoms with Crippen molar-refractivity contribution in [1.29, 1.82) is 0 Å². The van der Waals surface area contributed by atoms with Crippen LogP contribution in [-0.2, 0) is 0 Å². The van der Waals surface area contributed by atoms with Crippen LogP contribution in [0.15, 0.2) is 219 Å². The molecule has 4 aromatic heterocycles. The van der Waals surface area contributed by atoms with Gasteiger partial charge in [0.1, 0.15) is 11.6 Å². The maximum atomic E-state index is 5.68. The van der Waals surface area contributed by atoms with Crippen LogP contribution in [0.5, 0.6) is 0 Å². The van der Waals surface area contributed by atoms with E-state index < -0.39 is 0 Å². The van der Waals surface area contributed by atoms with E-state index in [0.717, 1.165) is 88.8 Å². The number of hydrogen-bond donors (Lipinski definition) is 0.